The Kier molecular flexibility index (Phi) is 4.34. The highest BCUT2D eigenvalue weighted by atomic mass is 16.5. The van der Waals surface area contributed by atoms with E-state index in [0.717, 1.165) is 0 Å². The molecule has 0 unspecified atom stereocenters. The minimum absolute atomic E-state index is 0.158. The maximum Gasteiger partial charge on any atom is 0.338 e. The van der Waals surface area contributed by atoms with Crippen molar-refractivity contribution in [2.24, 2.45) is 0 Å². The maximum atomic E-state index is 11.6. The average molecular weight is 219 g/mol. The molecule has 0 amide bonds. The number of rotatable bonds is 4. The number of benzene rings is 1. The average Bonchev–Trinajstić information content (AvgIpc) is 2.29. The highest BCUT2D eigenvalue weighted by Crippen LogP contribution is 2.19. The third kappa shape index (κ3) is 2.74. The summed E-state index contributed by atoms with van der Waals surface area (Å²) in [5.74, 6) is 0.216. The molecule has 0 aliphatic rings. The van der Waals surface area contributed by atoms with Crippen molar-refractivity contribution in [3.05, 3.63) is 29.3 Å². The summed E-state index contributed by atoms with van der Waals surface area (Å²) in [6.07, 6.45) is 0.158. The Balaban J connectivity index is 3.08. The summed E-state index contributed by atoms with van der Waals surface area (Å²) in [6, 6.07) is 6.97. The van der Waals surface area contributed by atoms with Gasteiger partial charge in [0.05, 0.1) is 31.8 Å². The van der Waals surface area contributed by atoms with Crippen LogP contribution in [0.25, 0.3) is 0 Å². The van der Waals surface area contributed by atoms with Crippen LogP contribution in [0.2, 0.25) is 0 Å². The van der Waals surface area contributed by atoms with Crippen LogP contribution in [0.1, 0.15) is 22.8 Å². The number of ether oxygens (including phenoxy) is 2. The Morgan fingerprint density at radius 3 is 2.81 bits per heavy atom. The molecule has 0 saturated heterocycles. The summed E-state index contributed by atoms with van der Waals surface area (Å²) in [4.78, 5) is 11.6. The van der Waals surface area contributed by atoms with Gasteiger partial charge >= 0.3 is 5.97 Å². The summed E-state index contributed by atoms with van der Waals surface area (Å²) in [5.41, 5.74) is 1.05. The molecule has 1 aromatic carbocycles. The summed E-state index contributed by atoms with van der Waals surface area (Å²) in [6.45, 7) is 2.06. The van der Waals surface area contributed by atoms with E-state index in [2.05, 4.69) is 0 Å². The topological polar surface area (TPSA) is 59.3 Å². The van der Waals surface area contributed by atoms with E-state index in [9.17, 15) is 4.79 Å². The molecule has 0 saturated carbocycles. The number of nitriles is 1. The summed E-state index contributed by atoms with van der Waals surface area (Å²) < 4.78 is 9.93. The van der Waals surface area contributed by atoms with Crippen molar-refractivity contribution in [2.75, 3.05) is 13.7 Å². The third-order valence-corrected chi connectivity index (χ3v) is 2.08. The zero-order valence-corrected chi connectivity index (χ0v) is 9.32. The zero-order chi connectivity index (χ0) is 12.0. The fraction of sp³-hybridized carbons (Fsp3) is 0.333. The van der Waals surface area contributed by atoms with Gasteiger partial charge in [0.1, 0.15) is 5.75 Å². The van der Waals surface area contributed by atoms with Gasteiger partial charge in [-0.1, -0.05) is 0 Å². The van der Waals surface area contributed by atoms with Gasteiger partial charge in [-0.05, 0) is 30.7 Å². The molecule has 16 heavy (non-hydrogen) atoms. The van der Waals surface area contributed by atoms with Gasteiger partial charge in [-0.25, -0.2) is 4.79 Å². The van der Waals surface area contributed by atoms with Crippen LogP contribution >= 0.6 is 0 Å². The molecule has 0 radical (unpaired) electrons. The second-order valence-corrected chi connectivity index (χ2v) is 3.08. The first-order valence-electron chi connectivity index (χ1n) is 4.94. The number of carbonyl (C=O) groups excluding carboxylic acids is 1. The van der Waals surface area contributed by atoms with Gasteiger partial charge < -0.3 is 9.47 Å². The van der Waals surface area contributed by atoms with Gasteiger partial charge in [-0.2, -0.15) is 5.26 Å². The SMILES string of the molecule is CCOC(=O)c1ccc(OC)cc1CC#N. The zero-order valence-electron chi connectivity index (χ0n) is 9.32. The van der Waals surface area contributed by atoms with Crippen LogP contribution in [0.5, 0.6) is 5.75 Å². The first kappa shape index (κ1) is 12.1. The smallest absolute Gasteiger partial charge is 0.338 e. The maximum absolute atomic E-state index is 11.6. The van der Waals surface area contributed by atoms with E-state index >= 15 is 0 Å². The van der Waals surface area contributed by atoms with Crippen molar-refractivity contribution in [3.63, 3.8) is 0 Å². The molecule has 0 N–H and O–H groups in total. The lowest BCUT2D eigenvalue weighted by atomic mass is 10.0. The lowest BCUT2D eigenvalue weighted by molar-refractivity contribution is 0.0525. The first-order chi connectivity index (χ1) is 7.72. The van der Waals surface area contributed by atoms with Crippen molar-refractivity contribution in [3.8, 4) is 11.8 Å². The number of nitrogens with zero attached hydrogens (tertiary/aromatic N) is 1. The van der Waals surface area contributed by atoms with E-state index in [1.54, 1.807) is 25.1 Å². The standard InChI is InChI=1S/C12H13NO3/c1-3-16-12(14)11-5-4-10(15-2)8-9(11)6-7-13/h4-5,8H,3,6H2,1-2H3. The summed E-state index contributed by atoms with van der Waals surface area (Å²) in [7, 11) is 1.54. The fourth-order valence-electron chi connectivity index (χ4n) is 1.34. The van der Waals surface area contributed by atoms with Crippen LogP contribution < -0.4 is 4.74 Å². The normalized spacial score (nSPS) is 9.31. The van der Waals surface area contributed by atoms with E-state index in [4.69, 9.17) is 14.7 Å². The molecule has 0 bridgehead atoms. The molecular formula is C12H13NO3. The van der Waals surface area contributed by atoms with Gasteiger partial charge in [0.25, 0.3) is 0 Å². The van der Waals surface area contributed by atoms with E-state index < -0.39 is 5.97 Å². The number of hydrogen-bond donors (Lipinski definition) is 0. The predicted octanol–water partition coefficient (Wildman–Crippen LogP) is 1.94. The summed E-state index contributed by atoms with van der Waals surface area (Å²) in [5, 5.41) is 8.68. The Hall–Kier alpha value is -2.02. The highest BCUT2D eigenvalue weighted by Gasteiger charge is 2.12. The molecule has 4 nitrogen and oxygen atoms in total. The lowest BCUT2D eigenvalue weighted by Gasteiger charge is -2.08. The number of carbonyl (C=O) groups is 1. The molecule has 4 heteroatoms. The van der Waals surface area contributed by atoms with E-state index in [-0.39, 0.29) is 6.42 Å². The Labute approximate surface area is 94.4 Å². The molecule has 0 aliphatic carbocycles. The van der Waals surface area contributed by atoms with Crippen LogP contribution in [0, 0.1) is 11.3 Å². The molecule has 0 fully saturated rings. The van der Waals surface area contributed by atoms with E-state index in [1.807, 2.05) is 6.07 Å². The molecule has 84 valence electrons. The highest BCUT2D eigenvalue weighted by molar-refractivity contribution is 5.91. The molecule has 0 atom stereocenters. The molecule has 1 rings (SSSR count). The molecular weight excluding hydrogens is 206 g/mol. The fourth-order valence-corrected chi connectivity index (χ4v) is 1.34. The number of hydrogen-bond acceptors (Lipinski definition) is 4. The second kappa shape index (κ2) is 5.76. The van der Waals surface area contributed by atoms with Crippen LogP contribution in [0.3, 0.4) is 0 Å². The van der Waals surface area contributed by atoms with E-state index in [1.165, 1.54) is 7.11 Å². The monoisotopic (exact) mass is 219 g/mol. The Bertz CT molecular complexity index is 421. The van der Waals surface area contributed by atoms with Crippen LogP contribution in [-0.2, 0) is 11.2 Å². The predicted molar refractivity (Wildman–Crippen MR) is 58.3 cm³/mol. The molecule has 1 aromatic rings. The Morgan fingerprint density at radius 1 is 1.50 bits per heavy atom. The second-order valence-electron chi connectivity index (χ2n) is 3.08. The van der Waals surface area contributed by atoms with Crippen molar-refractivity contribution in [1.82, 2.24) is 0 Å². The largest absolute Gasteiger partial charge is 0.497 e. The lowest BCUT2D eigenvalue weighted by Crippen LogP contribution is -2.08. The van der Waals surface area contributed by atoms with Gasteiger partial charge in [-0.15, -0.1) is 0 Å². The Morgan fingerprint density at radius 2 is 2.25 bits per heavy atom. The molecule has 0 aliphatic heterocycles. The van der Waals surface area contributed by atoms with Gasteiger partial charge in [-0.3, -0.25) is 0 Å². The minimum atomic E-state index is -0.407. The van der Waals surface area contributed by atoms with Gasteiger partial charge in [0.15, 0.2) is 0 Å². The first-order valence-corrected chi connectivity index (χ1v) is 4.94. The van der Waals surface area contributed by atoms with Crippen LogP contribution in [-0.4, -0.2) is 19.7 Å². The third-order valence-electron chi connectivity index (χ3n) is 2.08. The van der Waals surface area contributed by atoms with E-state index in [0.29, 0.717) is 23.5 Å². The van der Waals surface area contributed by atoms with Crippen molar-refractivity contribution >= 4 is 5.97 Å². The van der Waals surface area contributed by atoms with Crippen molar-refractivity contribution in [2.45, 2.75) is 13.3 Å². The summed E-state index contributed by atoms with van der Waals surface area (Å²) >= 11 is 0. The molecule has 0 spiro atoms. The quantitative estimate of drug-likeness (QED) is 0.726. The number of esters is 1. The van der Waals surface area contributed by atoms with Crippen LogP contribution in [0.15, 0.2) is 18.2 Å². The van der Waals surface area contributed by atoms with Crippen molar-refractivity contribution in [1.29, 1.82) is 5.26 Å². The minimum Gasteiger partial charge on any atom is -0.497 e. The van der Waals surface area contributed by atoms with Crippen molar-refractivity contribution < 1.29 is 14.3 Å². The molecule has 0 aromatic heterocycles. The van der Waals surface area contributed by atoms with Gasteiger partial charge in [0.2, 0.25) is 0 Å². The number of methoxy groups -OCH3 is 1. The van der Waals surface area contributed by atoms with Gasteiger partial charge in [0, 0.05) is 0 Å². The molecule has 0 heterocycles. The van der Waals surface area contributed by atoms with Crippen LogP contribution in [0.4, 0.5) is 0 Å².